The number of H-pyrrole nitrogens is 1. The zero-order valence-corrected chi connectivity index (χ0v) is 11.9. The molecule has 0 saturated carbocycles. The number of rotatable bonds is 4. The van der Waals surface area contributed by atoms with Gasteiger partial charge in [-0.2, -0.15) is 10.3 Å². The van der Waals surface area contributed by atoms with E-state index >= 15 is 0 Å². The van der Waals surface area contributed by atoms with Crippen molar-refractivity contribution in [1.82, 2.24) is 15.4 Å². The Balaban J connectivity index is 2.52. The lowest BCUT2D eigenvalue weighted by Crippen LogP contribution is -2.07. The summed E-state index contributed by atoms with van der Waals surface area (Å²) < 4.78 is 5.41. The number of aromatic nitrogens is 3. The average molecular weight is 341 g/mol. The van der Waals surface area contributed by atoms with Crippen molar-refractivity contribution in [3.05, 3.63) is 38.5 Å². The summed E-state index contributed by atoms with van der Waals surface area (Å²) in [5, 5.41) is 20.7. The van der Waals surface area contributed by atoms with Gasteiger partial charge in [-0.15, -0.1) is 5.10 Å². The van der Waals surface area contributed by atoms with E-state index in [2.05, 4.69) is 31.3 Å². The van der Waals surface area contributed by atoms with Gasteiger partial charge in [-0.05, 0) is 13.0 Å². The molecule has 0 saturated heterocycles. The quantitative estimate of drug-likeness (QED) is 0.519. The number of nitrogens with zero attached hydrogens (tertiary/aromatic N) is 3. The number of nitrogens with one attached hydrogen (secondary N) is 1. The van der Waals surface area contributed by atoms with Crippen LogP contribution >= 0.6 is 15.9 Å². The second-order valence-corrected chi connectivity index (χ2v) is 4.52. The van der Waals surface area contributed by atoms with Gasteiger partial charge in [0, 0.05) is 22.2 Å². The van der Waals surface area contributed by atoms with E-state index in [1.54, 1.807) is 6.92 Å². The highest BCUT2D eigenvalue weighted by Gasteiger charge is 2.22. The van der Waals surface area contributed by atoms with Crippen LogP contribution < -0.4 is 0 Å². The van der Waals surface area contributed by atoms with Gasteiger partial charge < -0.3 is 4.74 Å². The van der Waals surface area contributed by atoms with Crippen molar-refractivity contribution in [2.24, 2.45) is 0 Å². The Hall–Kier alpha value is -2.29. The van der Waals surface area contributed by atoms with Crippen LogP contribution in [-0.4, -0.2) is 32.9 Å². The fourth-order valence-corrected chi connectivity index (χ4v) is 2.00. The molecule has 104 valence electrons. The molecule has 0 spiro atoms. The Morgan fingerprint density at radius 2 is 2.25 bits per heavy atom. The van der Waals surface area contributed by atoms with Crippen molar-refractivity contribution in [3.8, 4) is 11.3 Å². The van der Waals surface area contributed by atoms with E-state index in [4.69, 9.17) is 4.74 Å². The Kier molecular flexibility index (Phi) is 4.08. The minimum Gasteiger partial charge on any atom is -0.461 e. The zero-order valence-electron chi connectivity index (χ0n) is 10.3. The molecule has 0 atom stereocenters. The van der Waals surface area contributed by atoms with Gasteiger partial charge in [-0.1, -0.05) is 15.9 Å². The van der Waals surface area contributed by atoms with Crippen LogP contribution in [-0.2, 0) is 4.74 Å². The van der Waals surface area contributed by atoms with Crippen LogP contribution in [0.2, 0.25) is 0 Å². The van der Waals surface area contributed by atoms with E-state index in [9.17, 15) is 14.9 Å². The van der Waals surface area contributed by atoms with E-state index in [-0.39, 0.29) is 23.7 Å². The summed E-state index contributed by atoms with van der Waals surface area (Å²) >= 11 is 3.27. The molecule has 0 unspecified atom stereocenters. The molecule has 0 radical (unpaired) electrons. The molecule has 20 heavy (non-hydrogen) atoms. The molecule has 0 bridgehead atoms. The largest absolute Gasteiger partial charge is 0.461 e. The van der Waals surface area contributed by atoms with Gasteiger partial charge >= 0.3 is 5.97 Å². The van der Waals surface area contributed by atoms with E-state index in [0.29, 0.717) is 10.0 Å². The summed E-state index contributed by atoms with van der Waals surface area (Å²) in [5.74, 6) is -0.644. The predicted molar refractivity (Wildman–Crippen MR) is 72.1 cm³/mol. The van der Waals surface area contributed by atoms with Crippen LogP contribution in [0.3, 0.4) is 0 Å². The number of nitro benzene ring substituents is 1. The fraction of sp³-hybridized carbons (Fsp3) is 0.182. The number of benzene rings is 1. The molecule has 1 aromatic carbocycles. The number of carbonyl (C=O) groups excluding carboxylic acids is 1. The molecule has 9 heteroatoms. The van der Waals surface area contributed by atoms with Crippen LogP contribution in [0.5, 0.6) is 0 Å². The molecule has 1 aromatic heterocycles. The van der Waals surface area contributed by atoms with Gasteiger partial charge in [0.2, 0.25) is 0 Å². The van der Waals surface area contributed by atoms with Crippen LogP contribution in [0.15, 0.2) is 22.7 Å². The molecule has 8 nitrogen and oxygen atoms in total. The number of esters is 1. The highest BCUT2D eigenvalue weighted by molar-refractivity contribution is 9.10. The van der Waals surface area contributed by atoms with Crippen LogP contribution in [0, 0.1) is 10.1 Å². The number of nitro groups is 1. The minimum atomic E-state index is -0.644. The Morgan fingerprint density at radius 3 is 2.90 bits per heavy atom. The van der Waals surface area contributed by atoms with E-state index < -0.39 is 10.9 Å². The standard InChI is InChI=1S/C11H9BrN4O4/c1-2-20-11(17)10-9(13-15-14-10)7-5-6(16(18)19)3-4-8(7)12/h3-5H,2H2,1H3,(H,13,14,15). The fourth-order valence-electron chi connectivity index (χ4n) is 1.57. The lowest BCUT2D eigenvalue weighted by molar-refractivity contribution is -0.384. The van der Waals surface area contributed by atoms with Crippen LogP contribution in [0.25, 0.3) is 11.3 Å². The van der Waals surface area contributed by atoms with Gasteiger partial charge in [0.05, 0.1) is 11.5 Å². The number of carbonyl (C=O) groups is 1. The Labute approximate surface area is 121 Å². The maximum Gasteiger partial charge on any atom is 0.361 e. The minimum absolute atomic E-state index is 0.0203. The monoisotopic (exact) mass is 340 g/mol. The highest BCUT2D eigenvalue weighted by atomic mass is 79.9. The Morgan fingerprint density at radius 1 is 1.50 bits per heavy atom. The summed E-state index contributed by atoms with van der Waals surface area (Å²) in [5.41, 5.74) is 0.448. The van der Waals surface area contributed by atoms with Crippen molar-refractivity contribution in [2.75, 3.05) is 6.61 Å². The van der Waals surface area contributed by atoms with E-state index in [1.165, 1.54) is 18.2 Å². The topological polar surface area (TPSA) is 111 Å². The van der Waals surface area contributed by atoms with Crippen LogP contribution in [0.1, 0.15) is 17.4 Å². The van der Waals surface area contributed by atoms with Crippen molar-refractivity contribution >= 4 is 27.6 Å². The highest BCUT2D eigenvalue weighted by Crippen LogP contribution is 2.31. The van der Waals surface area contributed by atoms with Gasteiger partial charge in [-0.25, -0.2) is 4.79 Å². The second kappa shape index (κ2) is 5.78. The summed E-state index contributed by atoms with van der Waals surface area (Å²) in [7, 11) is 0. The molecular formula is C11H9BrN4O4. The first kappa shape index (κ1) is 14.1. The maximum atomic E-state index is 11.7. The number of aromatic amines is 1. The third-order valence-corrected chi connectivity index (χ3v) is 3.12. The number of hydrogen-bond donors (Lipinski definition) is 1. The SMILES string of the molecule is CCOC(=O)c1n[nH]nc1-c1cc([N+](=O)[O-])ccc1Br. The lowest BCUT2D eigenvalue weighted by Gasteiger charge is -2.03. The first-order valence-electron chi connectivity index (χ1n) is 5.56. The summed E-state index contributed by atoms with van der Waals surface area (Å²) in [6, 6.07) is 4.17. The van der Waals surface area contributed by atoms with Crippen LogP contribution in [0.4, 0.5) is 5.69 Å². The molecule has 0 amide bonds. The number of ether oxygens (including phenoxy) is 1. The van der Waals surface area contributed by atoms with Gasteiger partial charge in [0.1, 0.15) is 5.69 Å². The molecule has 1 N–H and O–H groups in total. The third-order valence-electron chi connectivity index (χ3n) is 2.43. The number of hydrogen-bond acceptors (Lipinski definition) is 6. The number of non-ortho nitro benzene ring substituents is 1. The molecule has 2 rings (SSSR count). The molecule has 0 fully saturated rings. The second-order valence-electron chi connectivity index (χ2n) is 3.66. The first-order chi connectivity index (χ1) is 9.54. The average Bonchev–Trinajstić information content (AvgIpc) is 2.88. The first-order valence-corrected chi connectivity index (χ1v) is 6.36. The number of halogens is 1. The molecule has 0 aliphatic rings. The summed E-state index contributed by atoms with van der Waals surface area (Å²) in [6.07, 6.45) is 0. The van der Waals surface area contributed by atoms with Gasteiger partial charge in [0.25, 0.3) is 5.69 Å². The molecule has 2 aromatic rings. The smallest absolute Gasteiger partial charge is 0.361 e. The summed E-state index contributed by atoms with van der Waals surface area (Å²) in [4.78, 5) is 22.0. The molecular weight excluding hydrogens is 332 g/mol. The zero-order chi connectivity index (χ0) is 14.7. The van der Waals surface area contributed by atoms with Gasteiger partial charge in [0.15, 0.2) is 5.69 Å². The molecule has 0 aliphatic carbocycles. The van der Waals surface area contributed by atoms with E-state index in [1.807, 2.05) is 0 Å². The predicted octanol–water partition coefficient (Wildman–Crippen LogP) is 2.32. The Bertz CT molecular complexity index is 670. The van der Waals surface area contributed by atoms with E-state index in [0.717, 1.165) is 0 Å². The van der Waals surface area contributed by atoms with Crippen molar-refractivity contribution in [1.29, 1.82) is 0 Å². The summed E-state index contributed by atoms with van der Waals surface area (Å²) in [6.45, 7) is 1.86. The third kappa shape index (κ3) is 2.67. The van der Waals surface area contributed by atoms with Crippen molar-refractivity contribution in [2.45, 2.75) is 6.92 Å². The van der Waals surface area contributed by atoms with Crippen molar-refractivity contribution in [3.63, 3.8) is 0 Å². The van der Waals surface area contributed by atoms with Crippen molar-refractivity contribution < 1.29 is 14.5 Å². The lowest BCUT2D eigenvalue weighted by atomic mass is 10.1. The maximum absolute atomic E-state index is 11.7. The molecule has 0 aliphatic heterocycles. The molecule has 1 heterocycles. The van der Waals surface area contributed by atoms with Gasteiger partial charge in [-0.3, -0.25) is 10.1 Å². The normalized spacial score (nSPS) is 10.3.